The van der Waals surface area contributed by atoms with Crippen molar-refractivity contribution in [3.63, 3.8) is 0 Å². The molecule has 0 aliphatic carbocycles. The van der Waals surface area contributed by atoms with Gasteiger partial charge < -0.3 is 10.2 Å². The number of nitrogens with one attached hydrogen (secondary N) is 1. The van der Waals surface area contributed by atoms with E-state index in [1.54, 1.807) is 34.5 Å². The normalized spacial score (nSPS) is 17.8. The van der Waals surface area contributed by atoms with Gasteiger partial charge in [-0.3, -0.25) is 9.59 Å². The van der Waals surface area contributed by atoms with Gasteiger partial charge in [-0.2, -0.15) is 0 Å². The first-order valence-electron chi connectivity index (χ1n) is 8.88. The SMILES string of the molecule is CS(=O)(=O)[C@@H]1CCCCN(C(=O)c2ccc(Cl)c(NC(=O)c3cccs3)c2)C1. The highest BCUT2D eigenvalue weighted by atomic mass is 35.5. The van der Waals surface area contributed by atoms with Crippen molar-refractivity contribution in [1.29, 1.82) is 0 Å². The van der Waals surface area contributed by atoms with Gasteiger partial charge in [-0.05, 0) is 42.5 Å². The van der Waals surface area contributed by atoms with Gasteiger partial charge in [-0.1, -0.05) is 24.1 Å². The summed E-state index contributed by atoms with van der Waals surface area (Å²) in [6, 6.07) is 8.16. The second-order valence-electron chi connectivity index (χ2n) is 6.82. The third-order valence-corrected chi connectivity index (χ3v) is 7.52. The summed E-state index contributed by atoms with van der Waals surface area (Å²) in [7, 11) is -3.22. The maximum atomic E-state index is 13.0. The summed E-state index contributed by atoms with van der Waals surface area (Å²) in [4.78, 5) is 27.4. The van der Waals surface area contributed by atoms with Crippen LogP contribution in [-0.2, 0) is 9.84 Å². The first kappa shape index (κ1) is 20.8. The number of nitrogens with zero attached hydrogens (tertiary/aromatic N) is 1. The van der Waals surface area contributed by atoms with Gasteiger partial charge in [0.1, 0.15) is 0 Å². The van der Waals surface area contributed by atoms with E-state index in [2.05, 4.69) is 5.32 Å². The molecule has 150 valence electrons. The van der Waals surface area contributed by atoms with Gasteiger partial charge in [0.05, 0.1) is 20.8 Å². The van der Waals surface area contributed by atoms with Crippen molar-refractivity contribution < 1.29 is 18.0 Å². The van der Waals surface area contributed by atoms with Crippen LogP contribution in [0.4, 0.5) is 5.69 Å². The molecule has 1 N–H and O–H groups in total. The fourth-order valence-electron chi connectivity index (χ4n) is 3.17. The molecule has 28 heavy (non-hydrogen) atoms. The number of likely N-dealkylation sites (tertiary alicyclic amines) is 1. The van der Waals surface area contributed by atoms with E-state index < -0.39 is 15.1 Å². The van der Waals surface area contributed by atoms with Gasteiger partial charge in [-0.15, -0.1) is 11.3 Å². The molecule has 1 aromatic carbocycles. The lowest BCUT2D eigenvalue weighted by Crippen LogP contribution is -2.39. The zero-order valence-electron chi connectivity index (χ0n) is 15.4. The highest BCUT2D eigenvalue weighted by molar-refractivity contribution is 7.91. The summed E-state index contributed by atoms with van der Waals surface area (Å²) < 4.78 is 23.9. The smallest absolute Gasteiger partial charge is 0.265 e. The first-order chi connectivity index (χ1) is 13.3. The Kier molecular flexibility index (Phi) is 6.42. The Balaban J connectivity index is 1.80. The number of thiophene rings is 1. The summed E-state index contributed by atoms with van der Waals surface area (Å²) in [5.41, 5.74) is 0.709. The van der Waals surface area contributed by atoms with Crippen LogP contribution in [0, 0.1) is 0 Å². The molecule has 6 nitrogen and oxygen atoms in total. The number of amides is 2. The van der Waals surface area contributed by atoms with E-state index in [1.165, 1.54) is 23.7 Å². The molecule has 0 unspecified atom stereocenters. The van der Waals surface area contributed by atoms with E-state index in [9.17, 15) is 18.0 Å². The molecular weight excluding hydrogens is 420 g/mol. The number of carbonyl (C=O) groups excluding carboxylic acids is 2. The quantitative estimate of drug-likeness (QED) is 0.785. The molecule has 2 aromatic rings. The Labute approximate surface area is 173 Å². The van der Waals surface area contributed by atoms with Crippen molar-refractivity contribution in [3.05, 3.63) is 51.2 Å². The average molecular weight is 441 g/mol. The maximum Gasteiger partial charge on any atom is 0.265 e. The maximum absolute atomic E-state index is 13.0. The summed E-state index contributed by atoms with van der Waals surface area (Å²) in [6.07, 6.45) is 3.30. The van der Waals surface area contributed by atoms with Crippen LogP contribution in [0.1, 0.15) is 39.3 Å². The number of anilines is 1. The Morgan fingerprint density at radius 1 is 1.25 bits per heavy atom. The Bertz CT molecular complexity index is 974. The van der Waals surface area contributed by atoms with Gasteiger partial charge in [-0.25, -0.2) is 8.42 Å². The molecule has 0 saturated carbocycles. The number of sulfone groups is 1. The van der Waals surface area contributed by atoms with Gasteiger partial charge >= 0.3 is 0 Å². The minimum atomic E-state index is -3.22. The largest absolute Gasteiger partial charge is 0.337 e. The van der Waals surface area contributed by atoms with Gasteiger partial charge in [0, 0.05) is 24.9 Å². The van der Waals surface area contributed by atoms with Crippen molar-refractivity contribution in [1.82, 2.24) is 4.90 Å². The minimum Gasteiger partial charge on any atom is -0.337 e. The molecule has 2 amide bonds. The van der Waals surface area contributed by atoms with Crippen LogP contribution in [0.2, 0.25) is 5.02 Å². The molecule has 1 aliphatic rings. The van der Waals surface area contributed by atoms with E-state index in [0.717, 1.165) is 12.8 Å². The van der Waals surface area contributed by atoms with Crippen molar-refractivity contribution in [2.75, 3.05) is 24.7 Å². The van der Waals surface area contributed by atoms with Gasteiger partial charge in [0.25, 0.3) is 11.8 Å². The van der Waals surface area contributed by atoms with Crippen molar-refractivity contribution in [3.8, 4) is 0 Å². The van der Waals surface area contributed by atoms with Gasteiger partial charge in [0.15, 0.2) is 9.84 Å². The molecule has 2 heterocycles. The zero-order chi connectivity index (χ0) is 20.3. The van der Waals surface area contributed by atoms with E-state index in [0.29, 0.717) is 34.1 Å². The Morgan fingerprint density at radius 2 is 2.04 bits per heavy atom. The van der Waals surface area contributed by atoms with Crippen LogP contribution in [-0.4, -0.2) is 49.7 Å². The number of rotatable bonds is 4. The first-order valence-corrected chi connectivity index (χ1v) is 12.1. The molecule has 0 radical (unpaired) electrons. The number of benzene rings is 1. The second kappa shape index (κ2) is 8.63. The number of hydrogen-bond acceptors (Lipinski definition) is 5. The van der Waals surface area contributed by atoms with Crippen LogP contribution in [0.5, 0.6) is 0 Å². The van der Waals surface area contributed by atoms with Gasteiger partial charge in [0.2, 0.25) is 0 Å². The third-order valence-electron chi connectivity index (χ3n) is 4.73. The highest BCUT2D eigenvalue weighted by Gasteiger charge is 2.29. The molecule has 0 spiro atoms. The summed E-state index contributed by atoms with van der Waals surface area (Å²) >= 11 is 7.49. The van der Waals surface area contributed by atoms with Crippen LogP contribution in [0.15, 0.2) is 35.7 Å². The lowest BCUT2D eigenvalue weighted by molar-refractivity contribution is 0.0762. The van der Waals surface area contributed by atoms with Crippen molar-refractivity contribution in [2.45, 2.75) is 24.5 Å². The summed E-state index contributed by atoms with van der Waals surface area (Å²) in [5.74, 6) is -0.563. The lowest BCUT2D eigenvalue weighted by atomic mass is 10.1. The van der Waals surface area contributed by atoms with E-state index in [-0.39, 0.29) is 18.4 Å². The molecule has 1 fully saturated rings. The Hall–Kier alpha value is -1.90. The second-order valence-corrected chi connectivity index (χ2v) is 10.5. The molecular formula is C19H21ClN2O4S2. The fraction of sp³-hybridized carbons (Fsp3) is 0.368. The van der Waals surface area contributed by atoms with Crippen molar-refractivity contribution in [2.24, 2.45) is 0 Å². The van der Waals surface area contributed by atoms with Crippen LogP contribution in [0.25, 0.3) is 0 Å². The van der Waals surface area contributed by atoms with Crippen LogP contribution in [0.3, 0.4) is 0 Å². The number of halogens is 1. The molecule has 0 bridgehead atoms. The molecule has 1 aromatic heterocycles. The monoisotopic (exact) mass is 440 g/mol. The highest BCUT2D eigenvalue weighted by Crippen LogP contribution is 2.26. The number of carbonyl (C=O) groups is 2. The summed E-state index contributed by atoms with van der Waals surface area (Å²) in [5, 5.41) is 4.30. The zero-order valence-corrected chi connectivity index (χ0v) is 17.7. The summed E-state index contributed by atoms with van der Waals surface area (Å²) in [6.45, 7) is 0.682. The predicted octanol–water partition coefficient (Wildman–Crippen LogP) is 3.69. The van der Waals surface area contributed by atoms with E-state index >= 15 is 0 Å². The van der Waals surface area contributed by atoms with E-state index in [4.69, 9.17) is 11.6 Å². The molecule has 3 rings (SSSR count). The molecule has 1 atom stereocenters. The average Bonchev–Trinajstić information content (AvgIpc) is 3.06. The standard InChI is InChI=1S/C19H21ClN2O4S2/c1-28(25,26)14-5-2-3-9-22(12-14)19(24)13-7-8-15(20)16(11-13)21-18(23)17-6-4-10-27-17/h4,6-8,10-11,14H,2-3,5,9,12H2,1H3,(H,21,23)/t14-/m1/s1. The lowest BCUT2D eigenvalue weighted by Gasteiger charge is -2.24. The number of hydrogen-bond donors (Lipinski definition) is 1. The molecule has 1 aliphatic heterocycles. The molecule has 9 heteroatoms. The van der Waals surface area contributed by atoms with Crippen molar-refractivity contribution >= 4 is 50.3 Å². The van der Waals surface area contributed by atoms with E-state index in [1.807, 2.05) is 0 Å². The predicted molar refractivity (Wildman–Crippen MR) is 112 cm³/mol. The third kappa shape index (κ3) is 4.92. The Morgan fingerprint density at radius 3 is 2.71 bits per heavy atom. The molecule has 1 saturated heterocycles. The van der Waals surface area contributed by atoms with Crippen LogP contribution < -0.4 is 5.32 Å². The van der Waals surface area contributed by atoms with Crippen LogP contribution >= 0.6 is 22.9 Å². The fourth-order valence-corrected chi connectivity index (χ4v) is 4.99. The topological polar surface area (TPSA) is 83.6 Å². The minimum absolute atomic E-state index is 0.178.